The first kappa shape index (κ1) is 51.2. The lowest BCUT2D eigenvalue weighted by molar-refractivity contribution is -0.142. The van der Waals surface area contributed by atoms with Gasteiger partial charge >= 0.3 is 0 Å². The van der Waals surface area contributed by atoms with Crippen molar-refractivity contribution in [3.05, 3.63) is 0 Å². The van der Waals surface area contributed by atoms with Crippen LogP contribution < -0.4 is 0 Å². The third-order valence-corrected chi connectivity index (χ3v) is 10.2. The maximum atomic E-state index is 13.1. The number of aliphatic hydroxyl groups excluding tert-OH is 4. The largest absolute Gasteiger partial charge is 0.395 e. The first-order valence-electron chi connectivity index (χ1n) is 21.3. The topological polar surface area (TPSA) is 148 Å². The first-order chi connectivity index (χ1) is 25.4. The SMILES string of the molecule is CCCCCCCCN(C)C(=O)C(O)CN(CCO)CCCN(CC(O)C(=O)N(C)CCCCCCCC)CC(O)C(=O)N(C)CCCCCCCC. The Morgan fingerprint density at radius 1 is 0.396 bits per heavy atom. The van der Waals surface area contributed by atoms with Crippen LogP contribution >= 0.6 is 0 Å². The molecule has 3 unspecified atom stereocenters. The van der Waals surface area contributed by atoms with Crippen molar-refractivity contribution < 1.29 is 34.8 Å². The number of carbonyl (C=O) groups is 3. The van der Waals surface area contributed by atoms with Crippen LogP contribution in [0, 0.1) is 0 Å². The number of rotatable bonds is 36. The molecule has 4 N–H and O–H groups in total. The number of carbonyl (C=O) groups excluding carboxylic acids is 3. The number of hydrogen-bond acceptors (Lipinski definition) is 9. The molecule has 0 saturated carbocycles. The van der Waals surface area contributed by atoms with Crippen molar-refractivity contribution in [2.75, 3.05) is 86.7 Å². The molecule has 0 aliphatic heterocycles. The molecule has 0 radical (unpaired) electrons. The number of hydrogen-bond donors (Lipinski definition) is 4. The third-order valence-electron chi connectivity index (χ3n) is 10.2. The van der Waals surface area contributed by atoms with Crippen molar-refractivity contribution in [2.45, 2.75) is 161 Å². The zero-order chi connectivity index (χ0) is 39.9. The van der Waals surface area contributed by atoms with Gasteiger partial charge in [-0.15, -0.1) is 0 Å². The molecule has 0 rings (SSSR count). The van der Waals surface area contributed by atoms with Gasteiger partial charge in [0.2, 0.25) is 0 Å². The lowest BCUT2D eigenvalue weighted by atomic mass is 10.1. The molecule has 12 heteroatoms. The van der Waals surface area contributed by atoms with Crippen LogP contribution in [0.4, 0.5) is 0 Å². The Bertz CT molecular complexity index is 872. The lowest BCUT2D eigenvalue weighted by Gasteiger charge is -2.31. The molecule has 0 aromatic carbocycles. The summed E-state index contributed by atoms with van der Waals surface area (Å²) in [6, 6.07) is 0. The van der Waals surface area contributed by atoms with E-state index in [1.54, 1.807) is 40.7 Å². The molecule has 0 heterocycles. The van der Waals surface area contributed by atoms with E-state index in [0.717, 1.165) is 57.8 Å². The second kappa shape index (κ2) is 33.5. The van der Waals surface area contributed by atoms with Gasteiger partial charge in [-0.2, -0.15) is 0 Å². The van der Waals surface area contributed by atoms with E-state index in [2.05, 4.69) is 20.8 Å². The molecule has 0 bridgehead atoms. The van der Waals surface area contributed by atoms with Gasteiger partial charge in [-0.05, 0) is 38.8 Å². The van der Waals surface area contributed by atoms with Gasteiger partial charge in [0.1, 0.15) is 18.3 Å². The molecule has 0 aromatic heterocycles. The van der Waals surface area contributed by atoms with Crippen molar-refractivity contribution in [3.8, 4) is 0 Å². The average Bonchev–Trinajstić information content (AvgIpc) is 3.14. The first-order valence-corrected chi connectivity index (χ1v) is 21.3. The van der Waals surface area contributed by atoms with Gasteiger partial charge in [-0.25, -0.2) is 0 Å². The van der Waals surface area contributed by atoms with Gasteiger partial charge in [0, 0.05) is 67.0 Å². The van der Waals surface area contributed by atoms with Crippen LogP contribution in [-0.4, -0.2) is 168 Å². The summed E-state index contributed by atoms with van der Waals surface area (Å²) >= 11 is 0. The highest BCUT2D eigenvalue weighted by Gasteiger charge is 2.27. The maximum absolute atomic E-state index is 13.1. The Morgan fingerprint density at radius 2 is 0.679 bits per heavy atom. The van der Waals surface area contributed by atoms with Gasteiger partial charge in [-0.1, -0.05) is 117 Å². The van der Waals surface area contributed by atoms with E-state index in [0.29, 0.717) is 39.1 Å². The Morgan fingerprint density at radius 3 is 1.00 bits per heavy atom. The summed E-state index contributed by atoms with van der Waals surface area (Å²) in [5.41, 5.74) is 0. The summed E-state index contributed by atoms with van der Waals surface area (Å²) in [5.74, 6) is -1.13. The maximum Gasteiger partial charge on any atom is 0.252 e. The van der Waals surface area contributed by atoms with E-state index in [4.69, 9.17) is 0 Å². The van der Waals surface area contributed by atoms with Crippen molar-refractivity contribution in [3.63, 3.8) is 0 Å². The lowest BCUT2D eigenvalue weighted by Crippen LogP contribution is -2.49. The second-order valence-corrected chi connectivity index (χ2v) is 15.3. The van der Waals surface area contributed by atoms with E-state index < -0.39 is 30.1 Å². The monoisotopic (exact) mass is 758 g/mol. The summed E-state index contributed by atoms with van der Waals surface area (Å²) in [6.45, 7) is 9.09. The average molecular weight is 758 g/mol. The van der Waals surface area contributed by atoms with Crippen molar-refractivity contribution in [2.24, 2.45) is 0 Å². The Labute approximate surface area is 324 Å². The summed E-state index contributed by atoms with van der Waals surface area (Å²) < 4.78 is 0. The standard InChI is InChI=1S/C41H83N5O7/c1-7-10-13-16-19-22-26-42(4)39(51)36(48)33-45(31-32-47)29-25-30-46(34-37(49)40(52)43(5)27-23-20-17-14-11-8-2)35-38(50)41(53)44(6)28-24-21-18-15-12-9-3/h36-38,47-50H,7-35H2,1-6H3. The fourth-order valence-electron chi connectivity index (χ4n) is 6.66. The zero-order valence-corrected chi connectivity index (χ0v) is 35.0. The zero-order valence-electron chi connectivity index (χ0n) is 35.0. The highest BCUT2D eigenvalue weighted by atomic mass is 16.3. The molecule has 0 saturated heterocycles. The summed E-state index contributed by atoms with van der Waals surface area (Å²) in [6.07, 6.45) is 16.5. The minimum atomic E-state index is -1.32. The van der Waals surface area contributed by atoms with Crippen LogP contribution in [0.3, 0.4) is 0 Å². The smallest absolute Gasteiger partial charge is 0.252 e. The highest BCUT2D eigenvalue weighted by molar-refractivity contribution is 5.81. The van der Waals surface area contributed by atoms with E-state index in [-0.39, 0.29) is 38.7 Å². The molecule has 0 aliphatic rings. The van der Waals surface area contributed by atoms with E-state index >= 15 is 0 Å². The van der Waals surface area contributed by atoms with Crippen molar-refractivity contribution in [1.82, 2.24) is 24.5 Å². The van der Waals surface area contributed by atoms with Crippen LogP contribution in [0.15, 0.2) is 0 Å². The molecule has 0 fully saturated rings. The van der Waals surface area contributed by atoms with E-state index in [9.17, 15) is 34.8 Å². The minimum absolute atomic E-state index is 0.0461. The third kappa shape index (κ3) is 25.8. The Balaban J connectivity index is 5.34. The van der Waals surface area contributed by atoms with Crippen LogP contribution in [0.1, 0.15) is 143 Å². The molecule has 3 atom stereocenters. The van der Waals surface area contributed by atoms with Gasteiger partial charge in [0.05, 0.1) is 6.61 Å². The fourth-order valence-corrected chi connectivity index (χ4v) is 6.66. The van der Waals surface area contributed by atoms with Crippen LogP contribution in [0.5, 0.6) is 0 Å². The predicted octanol–water partition coefficient (Wildman–Crippen LogP) is 4.51. The fraction of sp³-hybridized carbons (Fsp3) is 0.927. The number of nitrogens with zero attached hydrogens (tertiary/aromatic N) is 5. The predicted molar refractivity (Wildman–Crippen MR) is 216 cm³/mol. The molecule has 53 heavy (non-hydrogen) atoms. The van der Waals surface area contributed by atoms with E-state index in [1.165, 1.54) is 57.8 Å². The van der Waals surface area contributed by atoms with Crippen LogP contribution in [0.2, 0.25) is 0 Å². The van der Waals surface area contributed by atoms with Gasteiger partial charge < -0.3 is 35.1 Å². The number of aliphatic hydroxyl groups is 4. The quantitative estimate of drug-likeness (QED) is 0.0678. The number of unbranched alkanes of at least 4 members (excludes halogenated alkanes) is 15. The van der Waals surface area contributed by atoms with E-state index in [1.807, 2.05) is 4.90 Å². The molecule has 0 spiro atoms. The molecule has 3 amide bonds. The Hall–Kier alpha value is -1.83. The summed E-state index contributed by atoms with van der Waals surface area (Å²) in [7, 11) is 5.10. The molecule has 0 aliphatic carbocycles. The molecule has 314 valence electrons. The second-order valence-electron chi connectivity index (χ2n) is 15.3. The molecular formula is C41H83N5O7. The van der Waals surface area contributed by atoms with Gasteiger partial charge in [0.15, 0.2) is 0 Å². The minimum Gasteiger partial charge on any atom is -0.395 e. The van der Waals surface area contributed by atoms with Crippen molar-refractivity contribution >= 4 is 17.7 Å². The summed E-state index contributed by atoms with van der Waals surface area (Å²) in [5, 5.41) is 42.5. The molecule has 12 nitrogen and oxygen atoms in total. The number of amides is 3. The van der Waals surface area contributed by atoms with Gasteiger partial charge in [-0.3, -0.25) is 24.2 Å². The van der Waals surface area contributed by atoms with Gasteiger partial charge in [0.25, 0.3) is 17.7 Å². The highest BCUT2D eigenvalue weighted by Crippen LogP contribution is 2.11. The van der Waals surface area contributed by atoms with Crippen LogP contribution in [-0.2, 0) is 14.4 Å². The number of likely N-dealkylation sites (N-methyl/N-ethyl adjacent to an activating group) is 3. The summed E-state index contributed by atoms with van der Waals surface area (Å²) in [4.78, 5) is 47.4. The molecule has 0 aromatic rings. The van der Waals surface area contributed by atoms with Crippen molar-refractivity contribution in [1.29, 1.82) is 0 Å². The Kier molecular flexibility index (Phi) is 32.3. The van der Waals surface area contributed by atoms with Crippen LogP contribution in [0.25, 0.3) is 0 Å². The molecular weight excluding hydrogens is 674 g/mol. The normalized spacial score (nSPS) is 13.4.